The summed E-state index contributed by atoms with van der Waals surface area (Å²) in [6, 6.07) is 7.02. The molecule has 0 saturated heterocycles. The molecule has 21 heavy (non-hydrogen) atoms. The van der Waals surface area contributed by atoms with Crippen molar-refractivity contribution in [2.75, 3.05) is 0 Å². The van der Waals surface area contributed by atoms with Crippen LogP contribution in [0.1, 0.15) is 63.7 Å². The lowest BCUT2D eigenvalue weighted by atomic mass is 9.73. The van der Waals surface area contributed by atoms with Gasteiger partial charge in [-0.2, -0.15) is 0 Å². The van der Waals surface area contributed by atoms with Crippen molar-refractivity contribution in [3.63, 3.8) is 0 Å². The molecule has 114 valence electrons. The third-order valence-corrected chi connectivity index (χ3v) is 5.66. The van der Waals surface area contributed by atoms with Gasteiger partial charge in [-0.25, -0.2) is 4.98 Å². The first kappa shape index (κ1) is 15.6. The second-order valence-corrected chi connectivity index (χ2v) is 8.74. The summed E-state index contributed by atoms with van der Waals surface area (Å²) in [6.07, 6.45) is 5.13. The van der Waals surface area contributed by atoms with Crippen molar-refractivity contribution in [3.05, 3.63) is 27.6 Å². The molecule has 4 heteroatoms. The number of nitrogens with zero attached hydrogens (tertiary/aromatic N) is 2. The van der Waals surface area contributed by atoms with E-state index in [9.17, 15) is 0 Å². The third-order valence-electron chi connectivity index (χ3n) is 4.80. The lowest BCUT2D eigenvalue weighted by Crippen LogP contribution is -2.31. The van der Waals surface area contributed by atoms with Crippen LogP contribution in [0.25, 0.3) is 11.0 Å². The topological polar surface area (TPSA) is 17.8 Å². The van der Waals surface area contributed by atoms with E-state index in [1.54, 1.807) is 0 Å². The average Bonchev–Trinajstić information content (AvgIpc) is 2.76. The van der Waals surface area contributed by atoms with Crippen molar-refractivity contribution in [2.45, 2.75) is 57.9 Å². The lowest BCUT2D eigenvalue weighted by Gasteiger charge is -2.40. The quantitative estimate of drug-likeness (QED) is 0.428. The highest BCUT2D eigenvalue weighted by Gasteiger charge is 2.36. The Labute approximate surface area is 145 Å². The lowest BCUT2D eigenvalue weighted by molar-refractivity contribution is 0.145. The molecule has 1 heterocycles. The van der Waals surface area contributed by atoms with Gasteiger partial charge < -0.3 is 4.57 Å². The molecule has 1 aliphatic rings. The predicted molar refractivity (Wildman–Crippen MR) is 98.0 cm³/mol. The monoisotopic (exact) mass is 416 g/mol. The minimum absolute atomic E-state index is 0.0622. The molecule has 2 unspecified atom stereocenters. The van der Waals surface area contributed by atoms with Gasteiger partial charge in [-0.3, -0.25) is 0 Å². The van der Waals surface area contributed by atoms with Gasteiger partial charge in [-0.1, -0.05) is 26.7 Å². The Bertz CT molecular complexity index is 660. The van der Waals surface area contributed by atoms with Crippen LogP contribution in [0, 0.1) is 8.99 Å². The zero-order valence-electron chi connectivity index (χ0n) is 12.9. The van der Waals surface area contributed by atoms with E-state index in [1.165, 1.54) is 34.8 Å². The summed E-state index contributed by atoms with van der Waals surface area (Å²) in [6.45, 7) is 6.80. The van der Waals surface area contributed by atoms with Crippen LogP contribution in [0.2, 0.25) is 0 Å². The molecule has 0 spiro atoms. The van der Waals surface area contributed by atoms with Crippen LogP contribution in [0.3, 0.4) is 0 Å². The molecular weight excluding hydrogens is 395 g/mol. The average molecular weight is 417 g/mol. The number of aromatic nitrogens is 2. The van der Waals surface area contributed by atoms with E-state index in [1.807, 2.05) is 6.92 Å². The van der Waals surface area contributed by atoms with Crippen molar-refractivity contribution in [1.82, 2.24) is 9.55 Å². The number of hydrogen-bond acceptors (Lipinski definition) is 1. The number of imidazole rings is 1. The smallest absolute Gasteiger partial charge is 0.127 e. The molecular formula is C17H22ClIN2. The third kappa shape index (κ3) is 2.83. The molecule has 1 saturated carbocycles. The normalized spacial score (nSPS) is 23.4. The zero-order chi connectivity index (χ0) is 15.2. The molecule has 1 aromatic heterocycles. The Kier molecular flexibility index (Phi) is 4.25. The van der Waals surface area contributed by atoms with Gasteiger partial charge in [0, 0.05) is 9.61 Å². The fourth-order valence-electron chi connectivity index (χ4n) is 3.65. The minimum Gasteiger partial charge on any atom is -0.323 e. The van der Waals surface area contributed by atoms with Crippen molar-refractivity contribution in [2.24, 2.45) is 5.41 Å². The fraction of sp³-hybridized carbons (Fsp3) is 0.588. The first-order valence-electron chi connectivity index (χ1n) is 7.71. The van der Waals surface area contributed by atoms with Crippen molar-refractivity contribution in [3.8, 4) is 0 Å². The van der Waals surface area contributed by atoms with Gasteiger partial charge in [0.15, 0.2) is 0 Å². The Morgan fingerprint density at radius 3 is 2.81 bits per heavy atom. The van der Waals surface area contributed by atoms with E-state index in [0.717, 1.165) is 11.3 Å². The van der Waals surface area contributed by atoms with Crippen molar-refractivity contribution >= 4 is 45.2 Å². The van der Waals surface area contributed by atoms with Gasteiger partial charge in [0.05, 0.1) is 16.4 Å². The predicted octanol–water partition coefficient (Wildman–Crippen LogP) is 6.08. The highest BCUT2D eigenvalue weighted by Crippen LogP contribution is 2.46. The molecule has 0 radical (unpaired) electrons. The second-order valence-electron chi connectivity index (χ2n) is 6.84. The van der Waals surface area contributed by atoms with Crippen molar-refractivity contribution in [1.29, 1.82) is 0 Å². The molecule has 0 bridgehead atoms. The van der Waals surface area contributed by atoms with Gasteiger partial charge in [0.1, 0.15) is 5.82 Å². The molecule has 3 rings (SSSR count). The SMILES string of the molecule is CC(Cl)c1nc2cc(I)ccc2n1C1CCCCC1(C)C. The number of halogens is 2. The molecule has 1 aromatic carbocycles. The summed E-state index contributed by atoms with van der Waals surface area (Å²) in [4.78, 5) is 4.84. The Balaban J connectivity index is 2.21. The van der Waals surface area contributed by atoms with E-state index in [2.05, 4.69) is 59.2 Å². The second kappa shape index (κ2) is 5.73. The maximum atomic E-state index is 6.45. The zero-order valence-corrected chi connectivity index (χ0v) is 15.8. The maximum absolute atomic E-state index is 6.45. The molecule has 1 aliphatic carbocycles. The summed E-state index contributed by atoms with van der Waals surface area (Å²) in [5.41, 5.74) is 2.61. The molecule has 2 nitrogen and oxygen atoms in total. The summed E-state index contributed by atoms with van der Waals surface area (Å²) in [7, 11) is 0. The van der Waals surface area contributed by atoms with Crippen molar-refractivity contribution < 1.29 is 0 Å². The minimum atomic E-state index is -0.0622. The van der Waals surface area contributed by atoms with Gasteiger partial charge in [-0.15, -0.1) is 11.6 Å². The standard InChI is InChI=1S/C17H22ClIN2/c1-11(18)16-20-13-10-12(19)7-8-14(13)21(16)15-6-4-5-9-17(15,2)3/h7-8,10-11,15H,4-6,9H2,1-3H3. The van der Waals surface area contributed by atoms with E-state index >= 15 is 0 Å². The van der Waals surface area contributed by atoms with Crippen LogP contribution in [0.4, 0.5) is 0 Å². The maximum Gasteiger partial charge on any atom is 0.127 e. The number of benzene rings is 1. The van der Waals surface area contributed by atoms with Crippen LogP contribution in [-0.2, 0) is 0 Å². The Morgan fingerprint density at radius 2 is 2.14 bits per heavy atom. The Morgan fingerprint density at radius 1 is 1.38 bits per heavy atom. The number of fused-ring (bicyclic) bond motifs is 1. The number of rotatable bonds is 2. The van der Waals surface area contributed by atoms with Gasteiger partial charge >= 0.3 is 0 Å². The van der Waals surface area contributed by atoms with Gasteiger partial charge in [0.25, 0.3) is 0 Å². The summed E-state index contributed by atoms with van der Waals surface area (Å²) < 4.78 is 3.66. The first-order valence-corrected chi connectivity index (χ1v) is 9.23. The number of alkyl halides is 1. The molecule has 1 fully saturated rings. The molecule has 0 amide bonds. The molecule has 2 aromatic rings. The van der Waals surface area contributed by atoms with Gasteiger partial charge in [-0.05, 0) is 66.0 Å². The largest absolute Gasteiger partial charge is 0.323 e. The molecule has 0 N–H and O–H groups in total. The van der Waals surface area contributed by atoms with Crippen LogP contribution in [0.5, 0.6) is 0 Å². The van der Waals surface area contributed by atoms with Crippen LogP contribution >= 0.6 is 34.2 Å². The fourth-order valence-corrected chi connectivity index (χ4v) is 4.28. The van der Waals surface area contributed by atoms with E-state index in [4.69, 9.17) is 16.6 Å². The van der Waals surface area contributed by atoms with Crippen LogP contribution in [0.15, 0.2) is 18.2 Å². The highest BCUT2D eigenvalue weighted by atomic mass is 127. The first-order chi connectivity index (χ1) is 9.90. The molecule has 0 aliphatic heterocycles. The Hall–Kier alpha value is -0.290. The van der Waals surface area contributed by atoms with E-state index < -0.39 is 0 Å². The van der Waals surface area contributed by atoms with Crippen LogP contribution in [-0.4, -0.2) is 9.55 Å². The van der Waals surface area contributed by atoms with Crippen LogP contribution < -0.4 is 0 Å². The summed E-state index contributed by atoms with van der Waals surface area (Å²) >= 11 is 8.79. The number of hydrogen-bond donors (Lipinski definition) is 0. The summed E-state index contributed by atoms with van der Waals surface area (Å²) in [5.74, 6) is 1.02. The summed E-state index contributed by atoms with van der Waals surface area (Å²) in [5, 5.41) is -0.0622. The van der Waals surface area contributed by atoms with Gasteiger partial charge in [0.2, 0.25) is 0 Å². The van der Waals surface area contributed by atoms with E-state index in [0.29, 0.717) is 11.5 Å². The molecule has 2 atom stereocenters. The highest BCUT2D eigenvalue weighted by molar-refractivity contribution is 14.1. The van der Waals surface area contributed by atoms with E-state index in [-0.39, 0.29) is 5.38 Å².